The van der Waals surface area contributed by atoms with E-state index in [-0.39, 0.29) is 17.0 Å². The van der Waals surface area contributed by atoms with Crippen LogP contribution in [0.1, 0.15) is 15.9 Å². The summed E-state index contributed by atoms with van der Waals surface area (Å²) >= 11 is 0. The molecule has 0 aliphatic rings. The van der Waals surface area contributed by atoms with Crippen LogP contribution in [-0.2, 0) is 14.3 Å². The summed E-state index contributed by atoms with van der Waals surface area (Å²) in [6, 6.07) is 10.4. The Morgan fingerprint density at radius 2 is 1.85 bits per heavy atom. The molecular weight excluding hydrogens is 343 g/mol. The van der Waals surface area contributed by atoms with Crippen molar-refractivity contribution < 1.29 is 28.2 Å². The van der Waals surface area contributed by atoms with E-state index in [2.05, 4.69) is 5.32 Å². The zero-order chi connectivity index (χ0) is 19.1. The predicted octanol–water partition coefficient (Wildman–Crippen LogP) is 1.79. The molecule has 0 fully saturated rings. The van der Waals surface area contributed by atoms with Gasteiger partial charge < -0.3 is 20.5 Å². The molecule has 0 aliphatic heterocycles. The van der Waals surface area contributed by atoms with Gasteiger partial charge in [0.15, 0.2) is 13.2 Å². The number of amides is 2. The smallest absolute Gasteiger partial charge is 0.344 e. The Morgan fingerprint density at radius 3 is 2.54 bits per heavy atom. The van der Waals surface area contributed by atoms with Crippen LogP contribution in [0.25, 0.3) is 0 Å². The van der Waals surface area contributed by atoms with Crippen LogP contribution in [0.5, 0.6) is 5.75 Å². The van der Waals surface area contributed by atoms with E-state index in [1.165, 1.54) is 30.3 Å². The van der Waals surface area contributed by atoms with E-state index in [4.69, 9.17) is 15.2 Å². The van der Waals surface area contributed by atoms with E-state index in [1.807, 2.05) is 0 Å². The maximum absolute atomic E-state index is 13.4. The zero-order valence-corrected chi connectivity index (χ0v) is 14.0. The van der Waals surface area contributed by atoms with Gasteiger partial charge in [-0.2, -0.15) is 0 Å². The quantitative estimate of drug-likeness (QED) is 0.732. The molecule has 0 atom stereocenters. The molecule has 0 heterocycles. The van der Waals surface area contributed by atoms with E-state index in [0.717, 1.165) is 0 Å². The summed E-state index contributed by atoms with van der Waals surface area (Å²) in [4.78, 5) is 34.6. The average Bonchev–Trinajstić information content (AvgIpc) is 2.61. The Bertz CT molecular complexity index is 838. The fourth-order valence-corrected chi connectivity index (χ4v) is 1.99. The van der Waals surface area contributed by atoms with Gasteiger partial charge in [-0.25, -0.2) is 9.18 Å². The number of halogens is 1. The van der Waals surface area contributed by atoms with E-state index in [9.17, 15) is 18.8 Å². The van der Waals surface area contributed by atoms with Gasteiger partial charge >= 0.3 is 5.97 Å². The van der Waals surface area contributed by atoms with Gasteiger partial charge in [-0.05, 0) is 36.8 Å². The van der Waals surface area contributed by atoms with Crippen molar-refractivity contribution >= 4 is 23.5 Å². The van der Waals surface area contributed by atoms with Gasteiger partial charge in [0, 0.05) is 5.69 Å². The Balaban J connectivity index is 1.80. The van der Waals surface area contributed by atoms with Crippen LogP contribution in [0.3, 0.4) is 0 Å². The number of ether oxygens (including phenoxy) is 2. The molecule has 2 rings (SSSR count). The van der Waals surface area contributed by atoms with Crippen LogP contribution in [0.2, 0.25) is 0 Å². The number of para-hydroxylation sites is 1. The largest absolute Gasteiger partial charge is 0.481 e. The minimum atomic E-state index is -0.811. The summed E-state index contributed by atoms with van der Waals surface area (Å²) in [7, 11) is 0. The van der Waals surface area contributed by atoms with Crippen molar-refractivity contribution in [2.45, 2.75) is 6.92 Å². The molecule has 0 bridgehead atoms. The highest BCUT2D eigenvalue weighted by molar-refractivity contribution is 5.95. The first-order chi connectivity index (χ1) is 12.4. The minimum Gasteiger partial charge on any atom is -0.481 e. The van der Waals surface area contributed by atoms with E-state index < -0.39 is 36.8 Å². The van der Waals surface area contributed by atoms with Crippen LogP contribution in [0, 0.1) is 12.7 Å². The van der Waals surface area contributed by atoms with Gasteiger partial charge in [0.05, 0.1) is 5.56 Å². The second-order valence-electron chi connectivity index (χ2n) is 5.32. The predicted molar refractivity (Wildman–Crippen MR) is 91.2 cm³/mol. The van der Waals surface area contributed by atoms with Gasteiger partial charge in [-0.15, -0.1) is 0 Å². The maximum Gasteiger partial charge on any atom is 0.344 e. The summed E-state index contributed by atoms with van der Waals surface area (Å²) in [5.74, 6) is -2.45. The van der Waals surface area contributed by atoms with Gasteiger partial charge in [-0.1, -0.05) is 18.2 Å². The maximum atomic E-state index is 13.4. The summed E-state index contributed by atoms with van der Waals surface area (Å²) in [5, 5.41) is 2.41. The number of benzene rings is 2. The molecule has 26 heavy (non-hydrogen) atoms. The molecule has 0 spiro atoms. The molecule has 136 valence electrons. The van der Waals surface area contributed by atoms with Crippen LogP contribution < -0.4 is 15.8 Å². The average molecular weight is 360 g/mol. The molecule has 0 aliphatic carbocycles. The molecular formula is C18H17FN2O5. The monoisotopic (exact) mass is 360 g/mol. The van der Waals surface area contributed by atoms with Crippen molar-refractivity contribution in [3.8, 4) is 5.75 Å². The Kier molecular flexibility index (Phi) is 6.26. The molecule has 2 aromatic carbocycles. The molecule has 7 nitrogen and oxygen atoms in total. The number of carbonyl (C=O) groups excluding carboxylic acids is 3. The highest BCUT2D eigenvalue weighted by Crippen LogP contribution is 2.17. The van der Waals surface area contributed by atoms with Crippen LogP contribution >= 0.6 is 0 Å². The fourth-order valence-electron chi connectivity index (χ4n) is 1.99. The van der Waals surface area contributed by atoms with Crippen LogP contribution in [0.4, 0.5) is 10.1 Å². The number of nitrogens with two attached hydrogens (primary N) is 1. The van der Waals surface area contributed by atoms with Crippen LogP contribution in [0.15, 0.2) is 42.5 Å². The number of primary amides is 1. The number of hydrogen-bond donors (Lipinski definition) is 2. The lowest BCUT2D eigenvalue weighted by Gasteiger charge is -2.10. The van der Waals surface area contributed by atoms with Crippen molar-refractivity contribution in [1.29, 1.82) is 0 Å². The fraction of sp³-hybridized carbons (Fsp3) is 0.167. The van der Waals surface area contributed by atoms with E-state index in [0.29, 0.717) is 5.56 Å². The van der Waals surface area contributed by atoms with Crippen molar-refractivity contribution in [2.24, 2.45) is 5.73 Å². The highest BCUT2D eigenvalue weighted by Gasteiger charge is 2.12. The molecule has 0 radical (unpaired) electrons. The Morgan fingerprint density at radius 1 is 1.12 bits per heavy atom. The van der Waals surface area contributed by atoms with Crippen molar-refractivity contribution in [3.63, 3.8) is 0 Å². The number of aryl methyl sites for hydroxylation is 1. The molecule has 0 unspecified atom stereocenters. The van der Waals surface area contributed by atoms with Crippen molar-refractivity contribution in [1.82, 2.24) is 0 Å². The molecule has 0 saturated heterocycles. The molecule has 3 N–H and O–H groups in total. The molecule has 2 amide bonds. The summed E-state index contributed by atoms with van der Waals surface area (Å²) in [6.45, 7) is 0.533. The SMILES string of the molecule is Cc1ccc(NC(=O)COC(=O)COc2ccccc2C(N)=O)cc1F. The first-order valence-electron chi connectivity index (χ1n) is 7.60. The van der Waals surface area contributed by atoms with Crippen molar-refractivity contribution in [3.05, 3.63) is 59.4 Å². The summed E-state index contributed by atoms with van der Waals surface area (Å²) in [5.41, 5.74) is 6.02. The second-order valence-corrected chi connectivity index (χ2v) is 5.32. The van der Waals surface area contributed by atoms with Gasteiger partial charge in [0.1, 0.15) is 11.6 Å². The number of hydrogen-bond acceptors (Lipinski definition) is 5. The Hall–Kier alpha value is -3.42. The molecule has 2 aromatic rings. The molecule has 8 heteroatoms. The zero-order valence-electron chi connectivity index (χ0n) is 14.0. The third-order valence-corrected chi connectivity index (χ3v) is 3.32. The van der Waals surface area contributed by atoms with Crippen molar-refractivity contribution in [2.75, 3.05) is 18.5 Å². The second kappa shape index (κ2) is 8.61. The number of nitrogens with one attached hydrogen (secondary N) is 1. The first-order valence-corrected chi connectivity index (χ1v) is 7.60. The highest BCUT2D eigenvalue weighted by atomic mass is 19.1. The summed E-state index contributed by atoms with van der Waals surface area (Å²) in [6.07, 6.45) is 0. The van der Waals surface area contributed by atoms with Gasteiger partial charge in [0.25, 0.3) is 11.8 Å². The lowest BCUT2D eigenvalue weighted by Crippen LogP contribution is -2.24. The number of esters is 1. The van der Waals surface area contributed by atoms with Gasteiger partial charge in [-0.3, -0.25) is 9.59 Å². The lowest BCUT2D eigenvalue weighted by atomic mass is 10.2. The number of carbonyl (C=O) groups is 3. The van der Waals surface area contributed by atoms with E-state index >= 15 is 0 Å². The first kappa shape index (κ1) is 18.9. The Labute approximate surface area is 148 Å². The third-order valence-electron chi connectivity index (χ3n) is 3.32. The normalized spacial score (nSPS) is 10.1. The lowest BCUT2D eigenvalue weighted by molar-refractivity contribution is -0.149. The summed E-state index contributed by atoms with van der Waals surface area (Å²) < 4.78 is 23.4. The standard InChI is InChI=1S/C18H17FN2O5/c1-11-6-7-12(8-14(11)19)21-16(22)9-26-17(23)10-25-15-5-3-2-4-13(15)18(20)24/h2-8H,9-10H2,1H3,(H2,20,24)(H,21,22). The topological polar surface area (TPSA) is 108 Å². The third kappa shape index (κ3) is 5.30. The number of anilines is 1. The van der Waals surface area contributed by atoms with Crippen LogP contribution in [-0.4, -0.2) is 31.0 Å². The molecule has 0 aromatic heterocycles. The van der Waals surface area contributed by atoms with E-state index in [1.54, 1.807) is 19.1 Å². The number of rotatable bonds is 7. The van der Waals surface area contributed by atoms with Gasteiger partial charge in [0.2, 0.25) is 0 Å². The minimum absolute atomic E-state index is 0.124. The molecule has 0 saturated carbocycles.